The van der Waals surface area contributed by atoms with Crippen molar-refractivity contribution in [2.24, 2.45) is 5.10 Å². The van der Waals surface area contributed by atoms with Crippen LogP contribution in [0.4, 0.5) is 5.69 Å². The molecule has 1 aromatic heterocycles. The van der Waals surface area contributed by atoms with E-state index in [9.17, 15) is 4.79 Å². The summed E-state index contributed by atoms with van der Waals surface area (Å²) in [4.78, 5) is 13.1. The summed E-state index contributed by atoms with van der Waals surface area (Å²) >= 11 is 6.09. The molecule has 4 rings (SSSR count). The molecule has 2 heterocycles. The van der Waals surface area contributed by atoms with Crippen LogP contribution in [-0.2, 0) is 4.79 Å². The molecular weight excluding hydrogens is 396 g/mol. The van der Waals surface area contributed by atoms with Crippen LogP contribution in [0.15, 0.2) is 53.1 Å². The van der Waals surface area contributed by atoms with E-state index in [0.717, 1.165) is 28.2 Å². The summed E-state index contributed by atoms with van der Waals surface area (Å²) in [5.74, 6) is -0.173. The van der Waals surface area contributed by atoms with Gasteiger partial charge in [-0.2, -0.15) is 15.2 Å². The molecule has 3 aromatic rings. The first-order valence-corrected chi connectivity index (χ1v) is 10.1. The molecular formula is C24H23ClN4O. The number of aromatic nitrogens is 2. The fraction of sp³-hybridized carbons (Fsp3) is 0.208. The van der Waals surface area contributed by atoms with Gasteiger partial charge in [-0.15, -0.1) is 0 Å². The molecule has 0 spiro atoms. The maximum Gasteiger partial charge on any atom is 0.280 e. The summed E-state index contributed by atoms with van der Waals surface area (Å²) in [6.07, 6.45) is 1.89. The monoisotopic (exact) mass is 418 g/mol. The highest BCUT2D eigenvalue weighted by molar-refractivity contribution is 6.33. The third-order valence-corrected chi connectivity index (χ3v) is 5.57. The first-order chi connectivity index (χ1) is 14.3. The topological polar surface area (TPSA) is 50.5 Å². The average Bonchev–Trinajstić information content (AvgIpc) is 3.13. The van der Waals surface area contributed by atoms with Gasteiger partial charge >= 0.3 is 0 Å². The van der Waals surface area contributed by atoms with Gasteiger partial charge in [-0.25, -0.2) is 4.68 Å². The van der Waals surface area contributed by atoms with Gasteiger partial charge in [-0.3, -0.25) is 4.79 Å². The number of nitrogens with zero attached hydrogens (tertiary/aromatic N) is 4. The van der Waals surface area contributed by atoms with Crippen molar-refractivity contribution in [2.45, 2.75) is 34.6 Å². The Morgan fingerprint density at radius 2 is 1.77 bits per heavy atom. The summed E-state index contributed by atoms with van der Waals surface area (Å²) in [5, 5.41) is 11.2. The van der Waals surface area contributed by atoms with Gasteiger partial charge in [0, 0.05) is 16.3 Å². The molecule has 2 aromatic carbocycles. The Bertz CT molecular complexity index is 1240. The first kappa shape index (κ1) is 20.1. The standard InChI is InChI=1S/C24H23ClN4O/c1-14-9-10-23(15(2)11-14)28-18(5)21(16(3)26-28)13-22-17(4)27-29(24(22)30)20-8-6-7-19(25)12-20/h6-13H,1-5H3/b22-13-. The van der Waals surface area contributed by atoms with Crippen molar-refractivity contribution in [1.29, 1.82) is 0 Å². The molecule has 0 aliphatic carbocycles. The molecule has 0 unspecified atom stereocenters. The van der Waals surface area contributed by atoms with Crippen molar-refractivity contribution in [3.63, 3.8) is 0 Å². The van der Waals surface area contributed by atoms with Gasteiger partial charge in [0.25, 0.3) is 5.91 Å². The van der Waals surface area contributed by atoms with Gasteiger partial charge in [-0.1, -0.05) is 35.4 Å². The van der Waals surface area contributed by atoms with E-state index in [1.54, 1.807) is 18.2 Å². The molecule has 0 fully saturated rings. The lowest BCUT2D eigenvalue weighted by atomic mass is 10.1. The van der Waals surface area contributed by atoms with Crippen molar-refractivity contribution in [3.05, 3.63) is 81.1 Å². The second kappa shape index (κ2) is 7.58. The summed E-state index contributed by atoms with van der Waals surface area (Å²) in [6, 6.07) is 13.4. The molecule has 0 atom stereocenters. The van der Waals surface area contributed by atoms with Gasteiger partial charge in [0.1, 0.15) is 0 Å². The second-order valence-electron chi connectivity index (χ2n) is 7.63. The number of halogens is 1. The van der Waals surface area contributed by atoms with Crippen LogP contribution in [0.1, 0.15) is 35.0 Å². The fourth-order valence-corrected chi connectivity index (χ4v) is 3.94. The quantitative estimate of drug-likeness (QED) is 0.522. The summed E-state index contributed by atoms with van der Waals surface area (Å²) in [6.45, 7) is 9.98. The lowest BCUT2D eigenvalue weighted by Gasteiger charge is -2.11. The number of benzene rings is 2. The van der Waals surface area contributed by atoms with E-state index < -0.39 is 0 Å². The van der Waals surface area contributed by atoms with Crippen LogP contribution < -0.4 is 5.01 Å². The lowest BCUT2D eigenvalue weighted by Crippen LogP contribution is -2.21. The van der Waals surface area contributed by atoms with Crippen LogP contribution in [0.5, 0.6) is 0 Å². The third-order valence-electron chi connectivity index (χ3n) is 5.33. The van der Waals surface area contributed by atoms with E-state index in [1.165, 1.54) is 10.6 Å². The third kappa shape index (κ3) is 3.46. The van der Waals surface area contributed by atoms with E-state index in [-0.39, 0.29) is 5.91 Å². The predicted octanol–water partition coefficient (Wildman–Crippen LogP) is 5.57. The van der Waals surface area contributed by atoms with Crippen LogP contribution in [0.3, 0.4) is 0 Å². The number of aryl methyl sites for hydroxylation is 3. The zero-order valence-electron chi connectivity index (χ0n) is 17.7. The summed E-state index contributed by atoms with van der Waals surface area (Å²) in [7, 11) is 0. The SMILES string of the molecule is CC1=NN(c2cccc(Cl)c2)C(=O)/C1=C\c1c(C)nn(-c2ccc(C)cc2C)c1C. The highest BCUT2D eigenvalue weighted by Gasteiger charge is 2.29. The van der Waals surface area contributed by atoms with E-state index in [4.69, 9.17) is 16.7 Å². The molecule has 5 nitrogen and oxygen atoms in total. The van der Waals surface area contributed by atoms with Crippen molar-refractivity contribution in [1.82, 2.24) is 9.78 Å². The average molecular weight is 419 g/mol. The lowest BCUT2D eigenvalue weighted by molar-refractivity contribution is -0.114. The van der Waals surface area contributed by atoms with Gasteiger partial charge in [-0.05, 0) is 70.5 Å². The fourth-order valence-electron chi connectivity index (χ4n) is 3.75. The normalized spacial score (nSPS) is 15.3. The van der Waals surface area contributed by atoms with Crippen LogP contribution in [0.2, 0.25) is 5.02 Å². The number of hydrogen-bond acceptors (Lipinski definition) is 3. The van der Waals surface area contributed by atoms with E-state index in [2.05, 4.69) is 37.1 Å². The van der Waals surface area contributed by atoms with E-state index >= 15 is 0 Å². The molecule has 0 bridgehead atoms. The zero-order chi connectivity index (χ0) is 21.6. The molecule has 1 amide bonds. The van der Waals surface area contributed by atoms with Crippen LogP contribution in [-0.4, -0.2) is 21.4 Å². The smallest absolute Gasteiger partial charge is 0.267 e. The predicted molar refractivity (Wildman–Crippen MR) is 123 cm³/mol. The van der Waals surface area contributed by atoms with Crippen molar-refractivity contribution < 1.29 is 4.79 Å². The highest BCUT2D eigenvalue weighted by Crippen LogP contribution is 2.29. The maximum atomic E-state index is 13.1. The largest absolute Gasteiger partial charge is 0.280 e. The van der Waals surface area contributed by atoms with Crippen LogP contribution in [0, 0.1) is 27.7 Å². The number of hydrogen-bond donors (Lipinski definition) is 0. The van der Waals surface area contributed by atoms with Gasteiger partial charge in [0.15, 0.2) is 0 Å². The molecule has 0 radical (unpaired) electrons. The summed E-state index contributed by atoms with van der Waals surface area (Å²) < 4.78 is 1.94. The Balaban J connectivity index is 1.75. The minimum absolute atomic E-state index is 0.173. The van der Waals surface area contributed by atoms with Crippen molar-refractivity contribution >= 4 is 35.0 Å². The number of carbonyl (C=O) groups is 1. The van der Waals surface area contributed by atoms with Crippen LogP contribution >= 0.6 is 11.6 Å². The van der Waals surface area contributed by atoms with Gasteiger partial charge < -0.3 is 0 Å². The second-order valence-corrected chi connectivity index (χ2v) is 8.06. The summed E-state index contributed by atoms with van der Waals surface area (Å²) in [5.41, 5.74) is 8.05. The molecule has 152 valence electrons. The maximum absolute atomic E-state index is 13.1. The zero-order valence-corrected chi connectivity index (χ0v) is 18.4. The molecule has 0 N–H and O–H groups in total. The molecule has 30 heavy (non-hydrogen) atoms. The molecule has 1 aliphatic heterocycles. The number of rotatable bonds is 3. The van der Waals surface area contributed by atoms with E-state index in [1.807, 2.05) is 37.6 Å². The minimum atomic E-state index is -0.173. The number of anilines is 1. The van der Waals surface area contributed by atoms with Crippen molar-refractivity contribution in [2.75, 3.05) is 5.01 Å². The van der Waals surface area contributed by atoms with Gasteiger partial charge in [0.2, 0.25) is 0 Å². The Morgan fingerprint density at radius 3 is 2.47 bits per heavy atom. The molecule has 1 aliphatic rings. The molecule has 0 saturated heterocycles. The van der Waals surface area contributed by atoms with Gasteiger partial charge in [0.05, 0.1) is 28.4 Å². The Hall–Kier alpha value is -3.18. The highest BCUT2D eigenvalue weighted by atomic mass is 35.5. The van der Waals surface area contributed by atoms with E-state index in [0.29, 0.717) is 22.0 Å². The van der Waals surface area contributed by atoms with Crippen molar-refractivity contribution in [3.8, 4) is 5.69 Å². The number of amides is 1. The number of hydrazone groups is 1. The minimum Gasteiger partial charge on any atom is -0.267 e. The Morgan fingerprint density at radius 1 is 1.00 bits per heavy atom. The van der Waals surface area contributed by atoms with Crippen LogP contribution in [0.25, 0.3) is 11.8 Å². The molecule has 0 saturated carbocycles. The Kier molecular flexibility index (Phi) is 5.08. The molecule has 6 heteroatoms. The number of carbonyl (C=O) groups excluding carboxylic acids is 1. The Labute approximate surface area is 181 Å². The first-order valence-electron chi connectivity index (χ1n) is 9.77.